The highest BCUT2D eigenvalue weighted by molar-refractivity contribution is 7.94. The average Bonchev–Trinajstić information content (AvgIpc) is 2.17. The second kappa shape index (κ2) is 4.01. The van der Waals surface area contributed by atoms with Crippen molar-refractivity contribution < 1.29 is 13.4 Å². The van der Waals surface area contributed by atoms with Gasteiger partial charge in [-0.3, -0.25) is 0 Å². The second-order valence-corrected chi connectivity index (χ2v) is 2.38. The van der Waals surface area contributed by atoms with Crippen molar-refractivity contribution in [2.24, 2.45) is 0 Å². The van der Waals surface area contributed by atoms with Gasteiger partial charge in [-0.1, -0.05) is 0 Å². The van der Waals surface area contributed by atoms with Crippen LogP contribution in [-0.4, -0.2) is 23.0 Å². The van der Waals surface area contributed by atoms with Gasteiger partial charge in [-0.2, -0.15) is 3.89 Å². The Morgan fingerprint density at radius 2 is 2.33 bits per heavy atom. The zero-order valence-corrected chi connectivity index (χ0v) is 6.97. The van der Waals surface area contributed by atoms with E-state index < -0.39 is 5.97 Å². The highest BCUT2D eigenvalue weighted by atomic mass is 32.2. The van der Waals surface area contributed by atoms with Gasteiger partial charge in [-0.25, -0.2) is 14.8 Å². The molecular weight excluding hydrogens is 183 g/mol. The number of methoxy groups -OCH3 is 1. The maximum Gasteiger partial charge on any atom is 0.358 e. The Morgan fingerprint density at radius 1 is 1.58 bits per heavy atom. The maximum atomic E-state index is 11.8. The number of aromatic nitrogens is 2. The van der Waals surface area contributed by atoms with Crippen LogP contribution < -0.4 is 0 Å². The summed E-state index contributed by atoms with van der Waals surface area (Å²) < 4.78 is 16.2. The standard InChI is InChI=1S/C6H5FN2O2S/c1-11-6(10)4-2-9-5(12-7)3-8-4/h2-3H,1H3. The van der Waals surface area contributed by atoms with Crippen molar-refractivity contribution in [3.63, 3.8) is 0 Å². The monoisotopic (exact) mass is 188 g/mol. The summed E-state index contributed by atoms with van der Waals surface area (Å²) in [6, 6.07) is 0. The summed E-state index contributed by atoms with van der Waals surface area (Å²) in [5.74, 6) is -0.585. The zero-order valence-electron chi connectivity index (χ0n) is 6.15. The minimum absolute atomic E-state index is 0.0289. The predicted molar refractivity (Wildman–Crippen MR) is 40.3 cm³/mol. The molecule has 1 heterocycles. The van der Waals surface area contributed by atoms with Gasteiger partial charge in [-0.15, -0.1) is 0 Å². The molecule has 0 spiro atoms. The van der Waals surface area contributed by atoms with E-state index in [0.29, 0.717) is 0 Å². The number of hydrogen-bond acceptors (Lipinski definition) is 5. The molecule has 0 radical (unpaired) electrons. The van der Waals surface area contributed by atoms with Gasteiger partial charge in [-0.05, 0) is 0 Å². The smallest absolute Gasteiger partial charge is 0.358 e. The molecule has 0 unspecified atom stereocenters. The predicted octanol–water partition coefficient (Wildman–Crippen LogP) is 1.24. The molecule has 6 heteroatoms. The first-order valence-corrected chi connectivity index (χ1v) is 3.68. The van der Waals surface area contributed by atoms with Crippen LogP contribution in [0.4, 0.5) is 3.89 Å². The van der Waals surface area contributed by atoms with Crippen LogP contribution in [0, 0.1) is 0 Å². The van der Waals surface area contributed by atoms with Gasteiger partial charge in [0.2, 0.25) is 0 Å². The van der Waals surface area contributed by atoms with Gasteiger partial charge in [0.15, 0.2) is 5.69 Å². The van der Waals surface area contributed by atoms with E-state index >= 15 is 0 Å². The van der Waals surface area contributed by atoms with Gasteiger partial charge in [0.1, 0.15) is 17.2 Å². The quantitative estimate of drug-likeness (QED) is 0.653. The third-order valence-corrected chi connectivity index (χ3v) is 1.47. The Morgan fingerprint density at radius 3 is 2.75 bits per heavy atom. The van der Waals surface area contributed by atoms with Crippen LogP contribution in [0.15, 0.2) is 17.4 Å². The molecule has 0 N–H and O–H groups in total. The lowest BCUT2D eigenvalue weighted by Crippen LogP contribution is -2.04. The minimum atomic E-state index is -0.585. The Kier molecular flexibility index (Phi) is 2.98. The average molecular weight is 188 g/mol. The number of nitrogens with zero attached hydrogens (tertiary/aromatic N) is 2. The number of esters is 1. The van der Waals surface area contributed by atoms with Crippen LogP contribution >= 0.6 is 12.1 Å². The number of rotatable bonds is 2. The summed E-state index contributed by atoms with van der Waals surface area (Å²) in [5, 5.41) is 0.114. The van der Waals surface area contributed by atoms with Gasteiger partial charge >= 0.3 is 5.97 Å². The Labute approximate surface area is 72.5 Å². The molecule has 0 bridgehead atoms. The normalized spacial score (nSPS) is 9.50. The maximum absolute atomic E-state index is 11.8. The van der Waals surface area contributed by atoms with Crippen molar-refractivity contribution in [3.8, 4) is 0 Å². The summed E-state index contributed by atoms with van der Waals surface area (Å²) in [4.78, 5) is 18.0. The van der Waals surface area contributed by atoms with Crippen LogP contribution in [-0.2, 0) is 4.74 Å². The van der Waals surface area contributed by atoms with Crippen LogP contribution in [0.5, 0.6) is 0 Å². The zero-order chi connectivity index (χ0) is 8.97. The van der Waals surface area contributed by atoms with E-state index in [1.54, 1.807) is 0 Å². The molecule has 0 aliphatic heterocycles. The van der Waals surface area contributed by atoms with Crippen molar-refractivity contribution in [3.05, 3.63) is 18.1 Å². The molecule has 1 aromatic rings. The first kappa shape index (κ1) is 8.92. The van der Waals surface area contributed by atoms with E-state index in [9.17, 15) is 8.68 Å². The fraction of sp³-hybridized carbons (Fsp3) is 0.167. The lowest BCUT2D eigenvalue weighted by Gasteiger charge is -1.96. The van der Waals surface area contributed by atoms with E-state index in [2.05, 4.69) is 14.7 Å². The topological polar surface area (TPSA) is 52.1 Å². The molecule has 4 nitrogen and oxygen atoms in total. The summed E-state index contributed by atoms with van der Waals surface area (Å²) in [6.45, 7) is 0. The number of carbonyl (C=O) groups excluding carboxylic acids is 1. The van der Waals surface area contributed by atoms with Crippen molar-refractivity contribution >= 4 is 18.1 Å². The van der Waals surface area contributed by atoms with Crippen LogP contribution in [0.1, 0.15) is 10.5 Å². The van der Waals surface area contributed by atoms with Crippen molar-refractivity contribution in [2.75, 3.05) is 7.11 Å². The molecular formula is C6H5FN2O2S. The molecule has 0 aliphatic carbocycles. The lowest BCUT2D eigenvalue weighted by molar-refractivity contribution is 0.0593. The molecule has 12 heavy (non-hydrogen) atoms. The number of hydrogen-bond donors (Lipinski definition) is 0. The van der Waals surface area contributed by atoms with E-state index in [1.807, 2.05) is 0 Å². The molecule has 64 valence electrons. The molecule has 0 atom stereocenters. The number of carbonyl (C=O) groups is 1. The molecule has 0 aromatic carbocycles. The van der Waals surface area contributed by atoms with Crippen molar-refractivity contribution in [1.29, 1.82) is 0 Å². The van der Waals surface area contributed by atoms with Crippen LogP contribution in [0.3, 0.4) is 0 Å². The lowest BCUT2D eigenvalue weighted by atomic mass is 10.5. The first-order chi connectivity index (χ1) is 5.77. The summed E-state index contributed by atoms with van der Waals surface area (Å²) in [7, 11) is 1.24. The molecule has 0 fully saturated rings. The fourth-order valence-corrected chi connectivity index (χ4v) is 0.751. The molecule has 0 saturated heterocycles. The van der Waals surface area contributed by atoms with Crippen LogP contribution in [0.2, 0.25) is 0 Å². The van der Waals surface area contributed by atoms with Crippen LogP contribution in [0.25, 0.3) is 0 Å². The van der Waals surface area contributed by atoms with Crippen molar-refractivity contribution in [2.45, 2.75) is 5.03 Å². The minimum Gasteiger partial charge on any atom is -0.464 e. The highest BCUT2D eigenvalue weighted by Gasteiger charge is 2.06. The Bertz CT molecular complexity index is 277. The molecule has 0 saturated carbocycles. The molecule has 0 aliphatic rings. The third kappa shape index (κ3) is 1.91. The SMILES string of the molecule is COC(=O)c1cnc(SF)cn1. The Hall–Kier alpha value is -1.17. The second-order valence-electron chi connectivity index (χ2n) is 1.81. The fourth-order valence-electron chi connectivity index (χ4n) is 0.566. The first-order valence-electron chi connectivity index (χ1n) is 2.97. The third-order valence-electron chi connectivity index (χ3n) is 1.10. The van der Waals surface area contributed by atoms with Gasteiger partial charge in [0.05, 0.1) is 19.5 Å². The van der Waals surface area contributed by atoms with E-state index in [1.165, 1.54) is 7.11 Å². The number of ether oxygens (including phenoxy) is 1. The summed E-state index contributed by atoms with van der Waals surface area (Å²) >= 11 is -0.0289. The molecule has 1 rings (SSSR count). The summed E-state index contributed by atoms with van der Waals surface area (Å²) in [5.41, 5.74) is 0.0651. The van der Waals surface area contributed by atoms with E-state index in [0.717, 1.165) is 12.4 Å². The summed E-state index contributed by atoms with van der Waals surface area (Å²) in [6.07, 6.45) is 2.32. The highest BCUT2D eigenvalue weighted by Crippen LogP contribution is 2.13. The number of halogens is 1. The Balaban J connectivity index is 2.84. The van der Waals surface area contributed by atoms with Gasteiger partial charge in [0, 0.05) is 0 Å². The van der Waals surface area contributed by atoms with E-state index in [-0.39, 0.29) is 22.9 Å². The van der Waals surface area contributed by atoms with E-state index in [4.69, 9.17) is 0 Å². The largest absolute Gasteiger partial charge is 0.464 e. The van der Waals surface area contributed by atoms with Gasteiger partial charge < -0.3 is 4.74 Å². The molecule has 1 aromatic heterocycles. The molecule has 0 amide bonds. The van der Waals surface area contributed by atoms with Crippen molar-refractivity contribution in [1.82, 2.24) is 9.97 Å². The van der Waals surface area contributed by atoms with Gasteiger partial charge in [0.25, 0.3) is 0 Å².